The molecule has 0 amide bonds. The molecule has 0 bridgehead atoms. The molecule has 1 aromatic carbocycles. The smallest absolute Gasteiger partial charge is 0.255 e. The van der Waals surface area contributed by atoms with Gasteiger partial charge in [-0.1, -0.05) is 6.07 Å². The van der Waals surface area contributed by atoms with Crippen molar-refractivity contribution in [1.29, 1.82) is 0 Å². The number of pyridine rings is 2. The van der Waals surface area contributed by atoms with Gasteiger partial charge < -0.3 is 9.72 Å². The van der Waals surface area contributed by atoms with Crippen LogP contribution in [-0.2, 0) is 19.5 Å². The summed E-state index contributed by atoms with van der Waals surface area (Å²) in [6, 6.07) is 11.9. The molecular weight excluding hydrogens is 421 g/mol. The summed E-state index contributed by atoms with van der Waals surface area (Å²) < 4.78 is 19.0. The van der Waals surface area contributed by atoms with Crippen molar-refractivity contribution in [3.63, 3.8) is 0 Å². The first-order valence-corrected chi connectivity index (χ1v) is 10.6. The van der Waals surface area contributed by atoms with Crippen LogP contribution in [0.5, 0.6) is 5.75 Å². The number of nitrogens with one attached hydrogen (secondary N) is 1. The lowest BCUT2D eigenvalue weighted by molar-refractivity contribution is 0.241. The number of fused-ring (bicyclic) bond motifs is 1. The van der Waals surface area contributed by atoms with Gasteiger partial charge in [0, 0.05) is 55.8 Å². The monoisotopic (exact) mass is 443 g/mol. The van der Waals surface area contributed by atoms with E-state index in [1.54, 1.807) is 31.8 Å². The highest BCUT2D eigenvalue weighted by molar-refractivity contribution is 5.67. The Kier molecular flexibility index (Phi) is 5.66. The third kappa shape index (κ3) is 4.38. The van der Waals surface area contributed by atoms with Crippen LogP contribution in [-0.4, -0.2) is 38.5 Å². The van der Waals surface area contributed by atoms with Gasteiger partial charge in [0.15, 0.2) is 0 Å². The van der Waals surface area contributed by atoms with E-state index < -0.39 is 0 Å². The second-order valence-corrected chi connectivity index (χ2v) is 7.93. The van der Waals surface area contributed by atoms with Gasteiger partial charge in [-0.3, -0.25) is 19.7 Å². The fourth-order valence-electron chi connectivity index (χ4n) is 4.08. The number of H-pyrrole nitrogens is 1. The number of methoxy groups -OCH3 is 1. The van der Waals surface area contributed by atoms with Crippen LogP contribution < -0.4 is 10.3 Å². The third-order valence-corrected chi connectivity index (χ3v) is 5.77. The van der Waals surface area contributed by atoms with Crippen molar-refractivity contribution in [3.8, 4) is 28.4 Å². The molecule has 0 radical (unpaired) electrons. The highest BCUT2D eigenvalue weighted by Crippen LogP contribution is 2.29. The van der Waals surface area contributed by atoms with Gasteiger partial charge in [0.2, 0.25) is 0 Å². The lowest BCUT2D eigenvalue weighted by Crippen LogP contribution is -2.35. The van der Waals surface area contributed by atoms with Crippen LogP contribution >= 0.6 is 0 Å². The zero-order chi connectivity index (χ0) is 22.8. The van der Waals surface area contributed by atoms with Crippen molar-refractivity contribution in [2.45, 2.75) is 19.5 Å². The Morgan fingerprint density at radius 3 is 2.76 bits per heavy atom. The Hall–Kier alpha value is -3.91. The van der Waals surface area contributed by atoms with Crippen LogP contribution in [0.15, 0.2) is 65.8 Å². The molecule has 0 aliphatic carbocycles. The molecular formula is C25H22FN5O2. The average molecular weight is 443 g/mol. The Labute approximate surface area is 190 Å². The van der Waals surface area contributed by atoms with E-state index in [0.717, 1.165) is 23.4 Å². The summed E-state index contributed by atoms with van der Waals surface area (Å²) in [6.45, 7) is 1.96. The molecule has 1 N–H and O–H groups in total. The number of halogens is 1. The first kappa shape index (κ1) is 21.0. The summed E-state index contributed by atoms with van der Waals surface area (Å²) in [5.74, 6) is 0.805. The van der Waals surface area contributed by atoms with Gasteiger partial charge in [0.1, 0.15) is 17.4 Å². The summed E-state index contributed by atoms with van der Waals surface area (Å²) >= 11 is 0. The van der Waals surface area contributed by atoms with Crippen LogP contribution in [0.3, 0.4) is 0 Å². The number of rotatable bonds is 5. The van der Waals surface area contributed by atoms with Crippen molar-refractivity contribution in [2.75, 3.05) is 13.7 Å². The minimum atomic E-state index is -0.338. The second-order valence-electron chi connectivity index (χ2n) is 7.93. The molecule has 1 aliphatic heterocycles. The molecule has 0 spiro atoms. The number of ether oxygens (including phenoxy) is 1. The number of aromatic nitrogens is 4. The maximum Gasteiger partial charge on any atom is 0.255 e. The fourth-order valence-corrected chi connectivity index (χ4v) is 4.08. The second kappa shape index (κ2) is 8.91. The van der Waals surface area contributed by atoms with Crippen molar-refractivity contribution >= 4 is 0 Å². The largest absolute Gasteiger partial charge is 0.496 e. The van der Waals surface area contributed by atoms with Gasteiger partial charge in [0.05, 0.1) is 24.1 Å². The van der Waals surface area contributed by atoms with Crippen molar-refractivity contribution in [2.24, 2.45) is 0 Å². The van der Waals surface area contributed by atoms with Crippen LogP contribution in [0.25, 0.3) is 22.6 Å². The fraction of sp³-hybridized carbons (Fsp3) is 0.200. The Morgan fingerprint density at radius 1 is 1.15 bits per heavy atom. The number of nitrogens with zero attached hydrogens (tertiary/aromatic N) is 4. The van der Waals surface area contributed by atoms with Gasteiger partial charge >= 0.3 is 0 Å². The van der Waals surface area contributed by atoms with Gasteiger partial charge in [-0.2, -0.15) is 0 Å². The molecule has 5 rings (SSSR count). The lowest BCUT2D eigenvalue weighted by Gasteiger charge is -2.27. The van der Waals surface area contributed by atoms with E-state index in [2.05, 4.69) is 24.8 Å². The first-order valence-electron chi connectivity index (χ1n) is 10.6. The predicted molar refractivity (Wildman–Crippen MR) is 122 cm³/mol. The zero-order valence-electron chi connectivity index (χ0n) is 18.1. The molecule has 0 unspecified atom stereocenters. The summed E-state index contributed by atoms with van der Waals surface area (Å²) in [7, 11) is 1.55. The molecule has 3 aromatic heterocycles. The molecule has 7 nitrogen and oxygen atoms in total. The molecule has 8 heteroatoms. The van der Waals surface area contributed by atoms with Crippen LogP contribution in [0.2, 0.25) is 0 Å². The summed E-state index contributed by atoms with van der Waals surface area (Å²) in [5.41, 5.74) is 4.54. The molecule has 4 heterocycles. The van der Waals surface area contributed by atoms with Gasteiger partial charge in [-0.15, -0.1) is 0 Å². The van der Waals surface area contributed by atoms with E-state index in [-0.39, 0.29) is 11.4 Å². The average Bonchev–Trinajstić information content (AvgIpc) is 2.85. The minimum Gasteiger partial charge on any atom is -0.496 e. The summed E-state index contributed by atoms with van der Waals surface area (Å²) in [5, 5.41) is 0. The SMILES string of the molecule is COc1ccc(F)cc1-c1ccc(CN2CCc3nc(-c4ccncc4)[nH]c(=O)c3C2)cn1. The van der Waals surface area contributed by atoms with E-state index in [1.807, 2.05) is 24.3 Å². The third-order valence-electron chi connectivity index (χ3n) is 5.77. The standard InChI is InChI=1S/C25H22FN5O2/c1-33-23-5-3-18(26)12-19(23)21-4-2-16(13-28-21)14-31-11-8-22-20(15-31)25(32)30-24(29-22)17-6-9-27-10-7-17/h2-7,9-10,12-13H,8,11,14-15H2,1H3,(H,29,30,32). The Balaban J connectivity index is 1.32. The zero-order valence-corrected chi connectivity index (χ0v) is 18.1. The van der Waals surface area contributed by atoms with Crippen LogP contribution in [0.4, 0.5) is 4.39 Å². The highest BCUT2D eigenvalue weighted by Gasteiger charge is 2.22. The molecule has 166 valence electrons. The minimum absolute atomic E-state index is 0.108. The van der Waals surface area contributed by atoms with E-state index in [0.29, 0.717) is 47.9 Å². The number of hydrogen-bond donors (Lipinski definition) is 1. The number of hydrogen-bond acceptors (Lipinski definition) is 6. The molecule has 0 atom stereocenters. The maximum atomic E-state index is 13.7. The van der Waals surface area contributed by atoms with Crippen LogP contribution in [0, 0.1) is 5.82 Å². The number of aromatic amines is 1. The quantitative estimate of drug-likeness (QED) is 0.507. The maximum absolute atomic E-state index is 13.7. The molecule has 0 fully saturated rings. The summed E-state index contributed by atoms with van der Waals surface area (Å²) in [6.07, 6.45) is 5.84. The van der Waals surface area contributed by atoms with E-state index >= 15 is 0 Å². The van der Waals surface area contributed by atoms with Gasteiger partial charge in [0.25, 0.3) is 5.56 Å². The van der Waals surface area contributed by atoms with E-state index in [4.69, 9.17) is 4.74 Å². The number of benzene rings is 1. The highest BCUT2D eigenvalue weighted by atomic mass is 19.1. The van der Waals surface area contributed by atoms with Crippen molar-refractivity contribution < 1.29 is 9.13 Å². The topological polar surface area (TPSA) is 84.0 Å². The van der Waals surface area contributed by atoms with E-state index in [9.17, 15) is 9.18 Å². The molecule has 0 saturated carbocycles. The van der Waals surface area contributed by atoms with Gasteiger partial charge in [-0.25, -0.2) is 9.37 Å². The Bertz CT molecular complexity index is 1340. The molecule has 33 heavy (non-hydrogen) atoms. The normalized spacial score (nSPS) is 13.5. The van der Waals surface area contributed by atoms with Crippen LogP contribution in [0.1, 0.15) is 16.8 Å². The molecule has 0 saturated heterocycles. The van der Waals surface area contributed by atoms with E-state index in [1.165, 1.54) is 12.1 Å². The first-order chi connectivity index (χ1) is 16.1. The predicted octanol–water partition coefficient (Wildman–Crippen LogP) is 3.60. The van der Waals surface area contributed by atoms with Crippen molar-refractivity contribution in [3.05, 3.63) is 94.0 Å². The lowest BCUT2D eigenvalue weighted by atomic mass is 10.1. The molecule has 4 aromatic rings. The summed E-state index contributed by atoms with van der Waals surface area (Å²) in [4.78, 5) is 31.1. The van der Waals surface area contributed by atoms with Crippen molar-refractivity contribution in [1.82, 2.24) is 24.8 Å². The van der Waals surface area contributed by atoms with Gasteiger partial charge in [-0.05, 0) is 42.0 Å². The molecule has 1 aliphatic rings. The Morgan fingerprint density at radius 2 is 2.00 bits per heavy atom.